The summed E-state index contributed by atoms with van der Waals surface area (Å²) in [4.78, 5) is 14.4. The molecule has 5 nitrogen and oxygen atoms in total. The van der Waals surface area contributed by atoms with E-state index >= 15 is 0 Å². The quantitative estimate of drug-likeness (QED) is 0.835. The lowest BCUT2D eigenvalue weighted by Crippen LogP contribution is -2.34. The zero-order valence-corrected chi connectivity index (χ0v) is 12.7. The first-order chi connectivity index (χ1) is 9.11. The highest BCUT2D eigenvalue weighted by Gasteiger charge is 2.34. The third kappa shape index (κ3) is 3.89. The smallest absolute Gasteiger partial charge is 0.285 e. The highest BCUT2D eigenvalue weighted by molar-refractivity contribution is 7.17. The lowest BCUT2D eigenvalue weighted by molar-refractivity contribution is 0.0734. The van der Waals surface area contributed by atoms with Gasteiger partial charge in [0.25, 0.3) is 5.91 Å². The highest BCUT2D eigenvalue weighted by atomic mass is 32.1. The second-order valence-electron chi connectivity index (χ2n) is 5.35. The molecule has 0 radical (unpaired) electrons. The highest BCUT2D eigenvalue weighted by Crippen LogP contribution is 2.29. The minimum absolute atomic E-state index is 0.0461. The van der Waals surface area contributed by atoms with E-state index in [0.717, 1.165) is 37.5 Å². The number of nitrogens with zero attached hydrogens (tertiary/aromatic N) is 3. The fourth-order valence-electron chi connectivity index (χ4n) is 1.89. The molecule has 106 valence electrons. The Bertz CT molecular complexity index is 428. The molecule has 1 fully saturated rings. The van der Waals surface area contributed by atoms with Crippen molar-refractivity contribution in [3.8, 4) is 0 Å². The van der Waals surface area contributed by atoms with Crippen LogP contribution in [0.1, 0.15) is 49.8 Å². The summed E-state index contributed by atoms with van der Waals surface area (Å²) in [6, 6.07) is 0.428. The second kappa shape index (κ2) is 6.32. The van der Waals surface area contributed by atoms with E-state index in [1.54, 1.807) is 0 Å². The minimum Gasteiger partial charge on any atom is -0.360 e. The van der Waals surface area contributed by atoms with E-state index in [0.29, 0.717) is 17.0 Å². The van der Waals surface area contributed by atoms with Crippen LogP contribution in [0.5, 0.6) is 0 Å². The van der Waals surface area contributed by atoms with Crippen molar-refractivity contribution in [1.29, 1.82) is 0 Å². The normalized spacial score (nSPS) is 14.7. The van der Waals surface area contributed by atoms with Gasteiger partial charge in [-0.3, -0.25) is 4.79 Å². The van der Waals surface area contributed by atoms with Crippen molar-refractivity contribution in [3.63, 3.8) is 0 Å². The molecule has 1 amide bonds. The van der Waals surface area contributed by atoms with Gasteiger partial charge in [-0.2, -0.15) is 0 Å². The summed E-state index contributed by atoms with van der Waals surface area (Å²) >= 11 is 1.35. The van der Waals surface area contributed by atoms with Crippen LogP contribution in [-0.4, -0.2) is 40.1 Å². The molecule has 1 aromatic heterocycles. The van der Waals surface area contributed by atoms with E-state index in [1.807, 2.05) is 11.8 Å². The van der Waals surface area contributed by atoms with Crippen LogP contribution in [0.4, 0.5) is 5.13 Å². The van der Waals surface area contributed by atoms with Crippen LogP contribution >= 0.6 is 11.3 Å². The van der Waals surface area contributed by atoms with E-state index in [9.17, 15) is 4.79 Å². The van der Waals surface area contributed by atoms with Crippen molar-refractivity contribution < 1.29 is 4.79 Å². The molecular weight excluding hydrogens is 260 g/mol. The van der Waals surface area contributed by atoms with Gasteiger partial charge in [0.1, 0.15) is 0 Å². The summed E-state index contributed by atoms with van der Waals surface area (Å²) in [7, 11) is 0. The molecule has 6 heteroatoms. The first kappa shape index (κ1) is 14.2. The SMILES string of the molecule is CCNc1nnc(C(=O)N(CCC(C)C)C2CC2)s1. The molecule has 1 heterocycles. The van der Waals surface area contributed by atoms with E-state index in [-0.39, 0.29) is 5.91 Å². The molecule has 0 unspecified atom stereocenters. The summed E-state index contributed by atoms with van der Waals surface area (Å²) in [5.41, 5.74) is 0. The molecule has 0 atom stereocenters. The molecule has 0 saturated heterocycles. The summed E-state index contributed by atoms with van der Waals surface area (Å²) in [5, 5.41) is 12.3. The van der Waals surface area contributed by atoms with Crippen LogP contribution in [0.15, 0.2) is 0 Å². The number of carbonyl (C=O) groups excluding carboxylic acids is 1. The van der Waals surface area contributed by atoms with Gasteiger partial charge in [0.15, 0.2) is 0 Å². The van der Waals surface area contributed by atoms with Crippen molar-refractivity contribution in [1.82, 2.24) is 15.1 Å². The number of hydrogen-bond acceptors (Lipinski definition) is 5. The van der Waals surface area contributed by atoms with Crippen LogP contribution in [0.2, 0.25) is 0 Å². The molecule has 2 rings (SSSR count). The Kier molecular flexibility index (Phi) is 4.74. The van der Waals surface area contributed by atoms with Crippen molar-refractivity contribution in [2.75, 3.05) is 18.4 Å². The summed E-state index contributed by atoms with van der Waals surface area (Å²) < 4.78 is 0. The van der Waals surface area contributed by atoms with E-state index in [1.165, 1.54) is 11.3 Å². The maximum Gasteiger partial charge on any atom is 0.285 e. The minimum atomic E-state index is 0.0461. The summed E-state index contributed by atoms with van der Waals surface area (Å²) in [6.07, 6.45) is 3.30. The Balaban J connectivity index is 2.01. The second-order valence-corrected chi connectivity index (χ2v) is 6.33. The monoisotopic (exact) mass is 282 g/mol. The standard InChI is InChI=1S/C13H22N4OS/c1-4-14-13-16-15-11(19-13)12(18)17(10-5-6-10)8-7-9(2)3/h9-10H,4-8H2,1-3H3,(H,14,16). The van der Waals surface area contributed by atoms with Gasteiger partial charge >= 0.3 is 0 Å². The van der Waals surface area contributed by atoms with Gasteiger partial charge < -0.3 is 10.2 Å². The van der Waals surface area contributed by atoms with Crippen molar-refractivity contribution in [3.05, 3.63) is 5.01 Å². The molecule has 0 spiro atoms. The number of hydrogen-bond donors (Lipinski definition) is 1. The Morgan fingerprint density at radius 1 is 1.47 bits per heavy atom. The number of rotatable bonds is 7. The zero-order chi connectivity index (χ0) is 13.8. The van der Waals surface area contributed by atoms with E-state index < -0.39 is 0 Å². The number of aromatic nitrogens is 2. The van der Waals surface area contributed by atoms with Gasteiger partial charge in [0.2, 0.25) is 10.1 Å². The maximum atomic E-state index is 12.5. The molecule has 0 aliphatic heterocycles. The number of amides is 1. The Morgan fingerprint density at radius 2 is 2.21 bits per heavy atom. The van der Waals surface area contributed by atoms with Crippen molar-refractivity contribution >= 4 is 22.4 Å². The fourth-order valence-corrected chi connectivity index (χ4v) is 2.66. The van der Waals surface area contributed by atoms with Gasteiger partial charge in [0, 0.05) is 19.1 Å². The number of nitrogens with one attached hydrogen (secondary N) is 1. The molecular formula is C13H22N4OS. The average molecular weight is 282 g/mol. The predicted molar refractivity (Wildman–Crippen MR) is 77.6 cm³/mol. The Morgan fingerprint density at radius 3 is 2.79 bits per heavy atom. The Hall–Kier alpha value is -1.17. The third-order valence-electron chi connectivity index (χ3n) is 3.13. The largest absolute Gasteiger partial charge is 0.360 e. The van der Waals surface area contributed by atoms with Crippen LogP contribution < -0.4 is 5.32 Å². The summed E-state index contributed by atoms with van der Waals surface area (Å²) in [6.45, 7) is 8.00. The molecule has 19 heavy (non-hydrogen) atoms. The third-order valence-corrected chi connectivity index (χ3v) is 4.00. The molecule has 0 aromatic carbocycles. The predicted octanol–water partition coefficient (Wildman–Crippen LogP) is 2.62. The molecule has 1 aromatic rings. The lowest BCUT2D eigenvalue weighted by atomic mass is 10.1. The van der Waals surface area contributed by atoms with Gasteiger partial charge in [-0.15, -0.1) is 10.2 Å². The molecule has 0 bridgehead atoms. The number of carbonyl (C=O) groups is 1. The summed E-state index contributed by atoms with van der Waals surface area (Å²) in [5.74, 6) is 0.658. The number of anilines is 1. The molecule has 1 saturated carbocycles. The first-order valence-corrected chi connectivity index (χ1v) is 7.81. The lowest BCUT2D eigenvalue weighted by Gasteiger charge is -2.21. The zero-order valence-electron chi connectivity index (χ0n) is 11.8. The first-order valence-electron chi connectivity index (χ1n) is 7.00. The van der Waals surface area contributed by atoms with Gasteiger partial charge in [0.05, 0.1) is 0 Å². The molecule has 1 N–H and O–H groups in total. The van der Waals surface area contributed by atoms with Gasteiger partial charge in [-0.25, -0.2) is 0 Å². The van der Waals surface area contributed by atoms with Crippen LogP contribution in [-0.2, 0) is 0 Å². The maximum absolute atomic E-state index is 12.5. The van der Waals surface area contributed by atoms with E-state index in [2.05, 4.69) is 29.4 Å². The van der Waals surface area contributed by atoms with Crippen molar-refractivity contribution in [2.45, 2.75) is 46.1 Å². The molecule has 1 aliphatic rings. The fraction of sp³-hybridized carbons (Fsp3) is 0.769. The van der Waals surface area contributed by atoms with Gasteiger partial charge in [-0.1, -0.05) is 25.2 Å². The molecule has 1 aliphatic carbocycles. The van der Waals surface area contributed by atoms with Crippen molar-refractivity contribution in [2.24, 2.45) is 5.92 Å². The van der Waals surface area contributed by atoms with E-state index in [4.69, 9.17) is 0 Å². The average Bonchev–Trinajstić information content (AvgIpc) is 3.09. The van der Waals surface area contributed by atoms with Crippen LogP contribution in [0, 0.1) is 5.92 Å². The van der Waals surface area contributed by atoms with Gasteiger partial charge in [-0.05, 0) is 32.1 Å². The van der Waals surface area contributed by atoms with Crippen LogP contribution in [0.25, 0.3) is 0 Å². The van der Waals surface area contributed by atoms with Crippen LogP contribution in [0.3, 0.4) is 0 Å². The topological polar surface area (TPSA) is 58.1 Å². The Labute approximate surface area is 118 Å².